The van der Waals surface area contributed by atoms with Gasteiger partial charge in [0, 0.05) is 23.4 Å². The van der Waals surface area contributed by atoms with Crippen molar-refractivity contribution in [2.24, 2.45) is 11.8 Å². The Morgan fingerprint density at radius 1 is 1.17 bits per heavy atom. The molecule has 4 rings (SSSR count). The maximum atomic E-state index is 13.2. The summed E-state index contributed by atoms with van der Waals surface area (Å²) in [6, 6.07) is 6.26. The van der Waals surface area contributed by atoms with Crippen LogP contribution in [-0.2, 0) is 4.79 Å². The Morgan fingerprint density at radius 3 is 2.61 bits per heavy atom. The molecule has 0 aromatic heterocycles. The Bertz CT molecular complexity index is 853. The van der Waals surface area contributed by atoms with E-state index in [2.05, 4.69) is 27.9 Å². The summed E-state index contributed by atoms with van der Waals surface area (Å²) in [4.78, 5) is 28.5. The van der Waals surface area contributed by atoms with Gasteiger partial charge in [0.15, 0.2) is 0 Å². The molecular weight excluding hydrogens is 492 g/mol. The molecule has 0 bridgehead atoms. The first-order chi connectivity index (χ1) is 17.5. The van der Waals surface area contributed by atoms with E-state index in [-0.39, 0.29) is 40.5 Å². The van der Waals surface area contributed by atoms with Gasteiger partial charge >= 0.3 is 0 Å². The van der Waals surface area contributed by atoms with E-state index in [1.165, 1.54) is 38.2 Å². The van der Waals surface area contributed by atoms with Crippen LogP contribution >= 0.6 is 23.5 Å². The minimum absolute atomic E-state index is 0.0259. The number of benzene rings is 1. The molecule has 2 amide bonds. The zero-order valence-corrected chi connectivity index (χ0v) is 23.0. The number of thioether (sulfide) groups is 2. The number of para-hydroxylation sites is 1. The zero-order valence-electron chi connectivity index (χ0n) is 21.4. The number of amides is 2. The Morgan fingerprint density at radius 2 is 1.92 bits per heavy atom. The zero-order chi connectivity index (χ0) is 25.3. The lowest BCUT2D eigenvalue weighted by Gasteiger charge is -2.39. The van der Waals surface area contributed by atoms with Crippen molar-refractivity contribution >= 4 is 35.3 Å². The molecule has 3 atom stereocenters. The van der Waals surface area contributed by atoms with Gasteiger partial charge in [-0.25, -0.2) is 0 Å². The maximum Gasteiger partial charge on any atom is 0.255 e. The van der Waals surface area contributed by atoms with E-state index in [0.717, 1.165) is 49.2 Å². The Kier molecular flexibility index (Phi) is 10.7. The molecule has 1 saturated carbocycles. The summed E-state index contributed by atoms with van der Waals surface area (Å²) in [5, 5.41) is 20.1. The molecule has 2 aliphatic heterocycles. The number of piperidine rings is 1. The van der Waals surface area contributed by atoms with Crippen LogP contribution < -0.4 is 16.0 Å². The highest BCUT2D eigenvalue weighted by molar-refractivity contribution is 8.00. The van der Waals surface area contributed by atoms with Crippen LogP contribution in [0.25, 0.3) is 0 Å². The topological polar surface area (TPSA) is 93.7 Å². The summed E-state index contributed by atoms with van der Waals surface area (Å²) in [7, 11) is 2.18. The van der Waals surface area contributed by atoms with Crippen LogP contribution in [0.4, 0.5) is 0 Å². The van der Waals surface area contributed by atoms with Crippen LogP contribution in [0.2, 0.25) is 0 Å². The SMILES string of the molecule is CN1CCC(C(SCC2CCCCC2)C(CNC(=O)c2ccccc2O)NC(=O)[C@@H]2CSCN2)CC1. The number of carbonyl (C=O) groups excluding carboxylic acids is 2. The average Bonchev–Trinajstić information content (AvgIpc) is 3.44. The summed E-state index contributed by atoms with van der Waals surface area (Å²) < 4.78 is 0. The van der Waals surface area contributed by atoms with Gasteiger partial charge in [-0.3, -0.25) is 14.9 Å². The monoisotopic (exact) mass is 534 g/mol. The van der Waals surface area contributed by atoms with Gasteiger partial charge in [-0.05, 0) is 75.5 Å². The van der Waals surface area contributed by atoms with Crippen molar-refractivity contribution in [1.82, 2.24) is 20.9 Å². The number of aromatic hydroxyl groups is 1. The Labute approximate surface area is 224 Å². The highest BCUT2D eigenvalue weighted by atomic mass is 32.2. The lowest BCUT2D eigenvalue weighted by Crippen LogP contribution is -2.56. The fourth-order valence-corrected chi connectivity index (χ4v) is 8.31. The molecule has 1 aliphatic carbocycles. The molecule has 3 fully saturated rings. The van der Waals surface area contributed by atoms with Crippen LogP contribution in [-0.4, -0.2) is 83.2 Å². The highest BCUT2D eigenvalue weighted by Crippen LogP contribution is 2.35. The first-order valence-electron chi connectivity index (χ1n) is 13.5. The number of hydrogen-bond donors (Lipinski definition) is 4. The maximum absolute atomic E-state index is 13.2. The van der Waals surface area contributed by atoms with Crippen molar-refractivity contribution in [2.45, 2.75) is 62.3 Å². The molecule has 0 radical (unpaired) electrons. The van der Waals surface area contributed by atoms with Crippen molar-refractivity contribution in [3.63, 3.8) is 0 Å². The standard InChI is InChI=1S/C27H42N4O3S2/c1-31-13-11-20(12-14-31)25(36-16-19-7-3-2-4-8-19)22(30-27(34)23-17-35-18-29-23)15-28-26(33)21-9-5-6-10-24(21)32/h5-6,9-10,19-20,22-23,25,29,32H,2-4,7-8,11-18H2,1H3,(H,28,33)(H,30,34)/t22?,23-,25?/m0/s1. The first kappa shape index (κ1) is 27.6. The molecule has 9 heteroatoms. The van der Waals surface area contributed by atoms with Gasteiger partial charge in [0.2, 0.25) is 5.91 Å². The lowest BCUT2D eigenvalue weighted by atomic mass is 9.89. The third-order valence-corrected chi connectivity index (χ3v) is 10.6. The molecule has 2 heterocycles. The normalized spacial score (nSPS) is 23.8. The van der Waals surface area contributed by atoms with Gasteiger partial charge in [-0.15, -0.1) is 11.8 Å². The second-order valence-corrected chi connectivity index (χ2v) is 12.8. The van der Waals surface area contributed by atoms with E-state index in [0.29, 0.717) is 12.5 Å². The summed E-state index contributed by atoms with van der Waals surface area (Å²) in [6.07, 6.45) is 8.82. The summed E-state index contributed by atoms with van der Waals surface area (Å²) >= 11 is 3.76. The average molecular weight is 535 g/mol. The molecule has 4 N–H and O–H groups in total. The van der Waals surface area contributed by atoms with Crippen molar-refractivity contribution in [2.75, 3.05) is 44.1 Å². The van der Waals surface area contributed by atoms with Gasteiger partial charge in [0.1, 0.15) is 5.75 Å². The molecule has 1 aromatic rings. The molecule has 36 heavy (non-hydrogen) atoms. The fourth-order valence-electron chi connectivity index (χ4n) is 5.60. The Balaban J connectivity index is 1.49. The van der Waals surface area contributed by atoms with Crippen LogP contribution in [0.3, 0.4) is 0 Å². The third kappa shape index (κ3) is 7.79. The fraction of sp³-hybridized carbons (Fsp3) is 0.704. The number of nitrogens with one attached hydrogen (secondary N) is 3. The van der Waals surface area contributed by atoms with Crippen molar-refractivity contribution in [3.05, 3.63) is 29.8 Å². The van der Waals surface area contributed by atoms with Gasteiger partial charge < -0.3 is 20.6 Å². The number of nitrogens with zero attached hydrogens (tertiary/aromatic N) is 1. The van der Waals surface area contributed by atoms with Crippen molar-refractivity contribution < 1.29 is 14.7 Å². The van der Waals surface area contributed by atoms with E-state index in [1.807, 2.05) is 11.8 Å². The van der Waals surface area contributed by atoms with Gasteiger partial charge in [0.05, 0.1) is 17.6 Å². The second-order valence-electron chi connectivity index (χ2n) is 10.6. The summed E-state index contributed by atoms with van der Waals surface area (Å²) in [5.74, 6) is 3.62. The van der Waals surface area contributed by atoms with Crippen LogP contribution in [0.5, 0.6) is 5.75 Å². The number of carbonyl (C=O) groups is 2. The largest absolute Gasteiger partial charge is 0.507 e. The first-order valence-corrected chi connectivity index (χ1v) is 15.7. The van der Waals surface area contributed by atoms with E-state index < -0.39 is 0 Å². The number of phenols is 1. The second kappa shape index (κ2) is 13.9. The molecular formula is C27H42N4O3S2. The highest BCUT2D eigenvalue weighted by Gasteiger charge is 2.35. The lowest BCUT2D eigenvalue weighted by molar-refractivity contribution is -0.123. The van der Waals surface area contributed by atoms with Crippen molar-refractivity contribution in [1.29, 1.82) is 0 Å². The van der Waals surface area contributed by atoms with Gasteiger partial charge in [-0.2, -0.15) is 11.8 Å². The van der Waals surface area contributed by atoms with Gasteiger partial charge in [0.25, 0.3) is 5.91 Å². The minimum Gasteiger partial charge on any atom is -0.507 e. The molecule has 3 aliphatic rings. The van der Waals surface area contributed by atoms with Gasteiger partial charge in [-0.1, -0.05) is 31.4 Å². The quantitative estimate of drug-likeness (QED) is 0.366. The molecule has 200 valence electrons. The third-order valence-electron chi connectivity index (χ3n) is 7.87. The van der Waals surface area contributed by atoms with E-state index in [1.54, 1.807) is 30.0 Å². The molecule has 7 nitrogen and oxygen atoms in total. The molecule has 0 spiro atoms. The number of likely N-dealkylation sites (tertiary alicyclic amines) is 1. The van der Waals surface area contributed by atoms with E-state index >= 15 is 0 Å². The number of hydrogen-bond acceptors (Lipinski definition) is 7. The van der Waals surface area contributed by atoms with E-state index in [9.17, 15) is 14.7 Å². The number of rotatable bonds is 10. The predicted molar refractivity (Wildman–Crippen MR) is 150 cm³/mol. The van der Waals surface area contributed by atoms with Crippen LogP contribution in [0.1, 0.15) is 55.3 Å². The van der Waals surface area contributed by atoms with E-state index in [4.69, 9.17) is 0 Å². The summed E-state index contributed by atoms with van der Waals surface area (Å²) in [5.41, 5.74) is 0.266. The number of phenolic OH excluding ortho intramolecular Hbond substituents is 1. The smallest absolute Gasteiger partial charge is 0.255 e. The molecule has 1 aromatic carbocycles. The predicted octanol–water partition coefficient (Wildman–Crippen LogP) is 3.29. The van der Waals surface area contributed by atoms with Crippen LogP contribution in [0, 0.1) is 11.8 Å². The van der Waals surface area contributed by atoms with Crippen LogP contribution in [0.15, 0.2) is 24.3 Å². The summed E-state index contributed by atoms with van der Waals surface area (Å²) in [6.45, 7) is 2.49. The van der Waals surface area contributed by atoms with Crippen molar-refractivity contribution in [3.8, 4) is 5.75 Å². The minimum atomic E-state index is -0.304. The molecule has 2 saturated heterocycles. The Hall–Kier alpha value is -1.42. The molecule has 2 unspecified atom stereocenters.